The molecule has 11 rings (SSSR count). The third kappa shape index (κ3) is 5.70. The van der Waals surface area contributed by atoms with Crippen molar-refractivity contribution >= 4 is 33.3 Å². The van der Waals surface area contributed by atoms with Gasteiger partial charge in [-0.15, -0.1) is 0 Å². The third-order valence-electron chi connectivity index (χ3n) is 11.4. The Labute approximate surface area is 341 Å². The van der Waals surface area contributed by atoms with Crippen molar-refractivity contribution in [1.29, 1.82) is 0 Å². The Morgan fingerprint density at radius 3 is 1.74 bits per heavy atom. The molecule has 5 heteroatoms. The van der Waals surface area contributed by atoms with E-state index < -0.39 is 5.41 Å². The van der Waals surface area contributed by atoms with Gasteiger partial charge in [-0.1, -0.05) is 133 Å². The van der Waals surface area contributed by atoms with E-state index in [1.54, 1.807) is 0 Å². The smallest absolute Gasteiger partial charge is 0.160 e. The van der Waals surface area contributed by atoms with Crippen molar-refractivity contribution in [3.8, 4) is 45.0 Å². The van der Waals surface area contributed by atoms with Crippen LogP contribution < -0.4 is 0 Å². The molecule has 0 radical (unpaired) electrons. The fourth-order valence-electron chi connectivity index (χ4n) is 8.70. The first-order valence-corrected chi connectivity index (χ1v) is 20.2. The van der Waals surface area contributed by atoms with Crippen LogP contribution in [-0.2, 0) is 5.41 Å². The second-order valence-electron chi connectivity index (χ2n) is 14.7. The van der Waals surface area contributed by atoms with Crippen LogP contribution in [0.1, 0.15) is 22.3 Å². The van der Waals surface area contributed by atoms with Gasteiger partial charge in [-0.25, -0.2) is 9.97 Å². The molecular formula is C53H34N4S. The van der Waals surface area contributed by atoms with E-state index in [0.717, 1.165) is 50.3 Å². The highest BCUT2D eigenvalue weighted by Crippen LogP contribution is 2.56. The number of pyridine rings is 2. The molecule has 7 aromatic carbocycles. The molecule has 0 atom stereocenters. The van der Waals surface area contributed by atoms with Crippen molar-refractivity contribution in [2.45, 2.75) is 15.2 Å². The normalized spacial score (nSPS) is 12.9. The van der Waals surface area contributed by atoms with Crippen LogP contribution in [-0.4, -0.2) is 19.9 Å². The Bertz CT molecular complexity index is 3110. The van der Waals surface area contributed by atoms with Crippen molar-refractivity contribution in [1.82, 2.24) is 19.9 Å². The molecule has 0 unspecified atom stereocenters. The Kier molecular flexibility index (Phi) is 8.26. The maximum absolute atomic E-state index is 5.21. The number of nitrogens with zero attached hydrogens (tertiary/aromatic N) is 4. The zero-order chi connectivity index (χ0) is 38.5. The van der Waals surface area contributed by atoms with Gasteiger partial charge >= 0.3 is 0 Å². The molecule has 4 nitrogen and oxygen atoms in total. The minimum absolute atomic E-state index is 0.574. The summed E-state index contributed by atoms with van der Waals surface area (Å²) in [5, 5.41) is 4.90. The number of hydrogen-bond donors (Lipinski definition) is 0. The Balaban J connectivity index is 1.07. The molecule has 0 saturated heterocycles. The molecule has 0 spiro atoms. The van der Waals surface area contributed by atoms with Crippen LogP contribution in [0.15, 0.2) is 217 Å². The van der Waals surface area contributed by atoms with E-state index in [1.165, 1.54) is 42.5 Å². The van der Waals surface area contributed by atoms with Crippen LogP contribution in [0.4, 0.5) is 0 Å². The number of rotatable bonds is 6. The van der Waals surface area contributed by atoms with Gasteiger partial charge in [0.25, 0.3) is 0 Å². The quantitative estimate of drug-likeness (QED) is 0.158. The first-order valence-electron chi connectivity index (χ1n) is 19.4. The maximum Gasteiger partial charge on any atom is 0.160 e. The first-order chi connectivity index (χ1) is 28.7. The van der Waals surface area contributed by atoms with Gasteiger partial charge in [-0.3, -0.25) is 9.97 Å². The largest absolute Gasteiger partial charge is 0.265 e. The molecule has 10 aromatic rings. The van der Waals surface area contributed by atoms with E-state index in [4.69, 9.17) is 9.97 Å². The van der Waals surface area contributed by atoms with Gasteiger partial charge in [0.15, 0.2) is 5.82 Å². The zero-order valence-corrected chi connectivity index (χ0v) is 32.1. The topological polar surface area (TPSA) is 51.6 Å². The fourth-order valence-corrected chi connectivity index (χ4v) is 9.88. The second kappa shape index (κ2) is 14.1. The molecule has 272 valence electrons. The minimum atomic E-state index is -0.574. The molecule has 1 aliphatic rings. The van der Waals surface area contributed by atoms with Crippen LogP contribution in [0, 0.1) is 0 Å². The van der Waals surface area contributed by atoms with E-state index in [0.29, 0.717) is 5.82 Å². The van der Waals surface area contributed by atoms with Crippen molar-refractivity contribution in [3.05, 3.63) is 229 Å². The van der Waals surface area contributed by atoms with Gasteiger partial charge in [0.2, 0.25) is 0 Å². The maximum atomic E-state index is 5.21. The van der Waals surface area contributed by atoms with Crippen LogP contribution in [0.25, 0.3) is 66.6 Å². The number of fused-ring (bicyclic) bond motifs is 5. The fraction of sp³-hybridized carbons (Fsp3) is 0.0189. The molecule has 4 heterocycles. The molecule has 0 amide bonds. The summed E-state index contributed by atoms with van der Waals surface area (Å²) in [5.74, 6) is 0.695. The molecular weight excluding hydrogens is 725 g/mol. The highest BCUT2D eigenvalue weighted by Gasteiger charge is 2.44. The van der Waals surface area contributed by atoms with Gasteiger partial charge < -0.3 is 0 Å². The predicted octanol–water partition coefficient (Wildman–Crippen LogP) is 13.1. The average molecular weight is 759 g/mol. The summed E-state index contributed by atoms with van der Waals surface area (Å²) in [6.07, 6.45) is 7.59. The summed E-state index contributed by atoms with van der Waals surface area (Å²) in [5.41, 5.74) is 11.3. The van der Waals surface area contributed by atoms with E-state index in [9.17, 15) is 0 Å². The lowest BCUT2D eigenvalue weighted by Crippen LogP contribution is -2.34. The van der Waals surface area contributed by atoms with Crippen LogP contribution in [0.3, 0.4) is 0 Å². The Hall–Kier alpha value is -7.21. The van der Waals surface area contributed by atoms with Gasteiger partial charge in [-0.2, -0.15) is 0 Å². The summed E-state index contributed by atoms with van der Waals surface area (Å²) in [6.45, 7) is 0. The number of aromatic nitrogens is 4. The summed E-state index contributed by atoms with van der Waals surface area (Å²) in [6, 6.07) is 65.1. The molecule has 1 aliphatic heterocycles. The molecule has 0 bridgehead atoms. The first kappa shape index (κ1) is 34.1. The molecule has 0 aliphatic carbocycles. The van der Waals surface area contributed by atoms with Crippen molar-refractivity contribution in [2.75, 3.05) is 0 Å². The van der Waals surface area contributed by atoms with Crippen molar-refractivity contribution in [3.63, 3.8) is 0 Å². The standard InChI is InChI=1S/C53H34N4S/c1-2-10-36(11-3-1)52-56-48(34-49(57-52)41-19-21-45-39(32-41)18-17-35-9-4-5-14-44(35)45)40-13-8-12-37(31-40)38-20-22-51-47(33-38)53(42-23-27-54-28-24-42,43-25-29-55-30-26-43)46-15-6-7-16-50(46)58-51/h1-34H. The lowest BCUT2D eigenvalue weighted by molar-refractivity contribution is 0.700. The van der Waals surface area contributed by atoms with E-state index in [-0.39, 0.29) is 0 Å². The summed E-state index contributed by atoms with van der Waals surface area (Å²) in [4.78, 5) is 21.7. The SMILES string of the molecule is c1ccc(-c2nc(-c3cccc(-c4ccc5c(c4)C(c4ccncc4)(c4ccncc4)c4ccccc4S5)c3)cc(-c3ccc4c(ccc5ccccc54)c3)n2)cc1. The minimum Gasteiger partial charge on any atom is -0.265 e. The monoisotopic (exact) mass is 758 g/mol. The van der Waals surface area contributed by atoms with Gasteiger partial charge in [0.05, 0.1) is 16.8 Å². The van der Waals surface area contributed by atoms with E-state index >= 15 is 0 Å². The second-order valence-corrected chi connectivity index (χ2v) is 15.7. The summed E-state index contributed by atoms with van der Waals surface area (Å²) in [7, 11) is 0. The third-order valence-corrected chi connectivity index (χ3v) is 12.6. The summed E-state index contributed by atoms with van der Waals surface area (Å²) >= 11 is 1.83. The Morgan fingerprint density at radius 1 is 0.362 bits per heavy atom. The van der Waals surface area contributed by atoms with E-state index in [1.807, 2.05) is 54.7 Å². The van der Waals surface area contributed by atoms with Crippen LogP contribution >= 0.6 is 11.8 Å². The number of hydrogen-bond acceptors (Lipinski definition) is 5. The highest BCUT2D eigenvalue weighted by atomic mass is 32.2. The lowest BCUT2D eigenvalue weighted by atomic mass is 9.65. The van der Waals surface area contributed by atoms with Crippen molar-refractivity contribution < 1.29 is 0 Å². The van der Waals surface area contributed by atoms with Crippen LogP contribution in [0.2, 0.25) is 0 Å². The summed E-state index contributed by atoms with van der Waals surface area (Å²) < 4.78 is 0. The lowest BCUT2D eigenvalue weighted by Gasteiger charge is -2.42. The van der Waals surface area contributed by atoms with Crippen LogP contribution in [0.5, 0.6) is 0 Å². The highest BCUT2D eigenvalue weighted by molar-refractivity contribution is 7.99. The molecule has 0 N–H and O–H groups in total. The zero-order valence-electron chi connectivity index (χ0n) is 31.3. The average Bonchev–Trinajstić information content (AvgIpc) is 3.31. The molecule has 0 fully saturated rings. The van der Waals surface area contributed by atoms with Crippen molar-refractivity contribution in [2.24, 2.45) is 0 Å². The Morgan fingerprint density at radius 2 is 0.948 bits per heavy atom. The number of benzene rings is 7. The van der Waals surface area contributed by atoms with Gasteiger partial charge in [0.1, 0.15) is 0 Å². The van der Waals surface area contributed by atoms with Gasteiger partial charge in [0, 0.05) is 51.3 Å². The predicted molar refractivity (Wildman–Crippen MR) is 237 cm³/mol. The molecule has 3 aromatic heterocycles. The van der Waals surface area contributed by atoms with Gasteiger partial charge in [-0.05, 0) is 116 Å². The molecule has 0 saturated carbocycles. The molecule has 58 heavy (non-hydrogen) atoms. The van der Waals surface area contributed by atoms with E-state index in [2.05, 4.69) is 174 Å².